The molecule has 2 N–H and O–H groups in total. The van der Waals surface area contributed by atoms with E-state index in [0.717, 1.165) is 50.2 Å². The zero-order valence-electron chi connectivity index (χ0n) is 17.6. The highest BCUT2D eigenvalue weighted by Crippen LogP contribution is 2.20. The monoisotopic (exact) mass is 410 g/mol. The molecular weight excluding hydrogens is 379 g/mol. The van der Waals surface area contributed by atoms with Gasteiger partial charge in [0.1, 0.15) is 11.6 Å². The molecule has 0 bridgehead atoms. The maximum Gasteiger partial charge on any atom is 0.191 e. The number of aromatic nitrogens is 1. The van der Waals surface area contributed by atoms with Crippen LogP contribution in [0.1, 0.15) is 31.2 Å². The number of halogens is 1. The molecule has 6 nitrogen and oxygen atoms in total. The van der Waals surface area contributed by atoms with E-state index in [4.69, 9.17) is 0 Å². The highest BCUT2D eigenvalue weighted by Gasteiger charge is 2.19. The van der Waals surface area contributed by atoms with Gasteiger partial charge in [0.25, 0.3) is 0 Å². The minimum absolute atomic E-state index is 0.193. The molecule has 1 aromatic carbocycles. The molecule has 0 unspecified atom stereocenters. The second-order valence-electron chi connectivity index (χ2n) is 8.02. The molecule has 2 aromatic rings. The average molecular weight is 411 g/mol. The molecule has 2 fully saturated rings. The van der Waals surface area contributed by atoms with E-state index in [1.54, 1.807) is 0 Å². The molecule has 4 rings (SSSR count). The van der Waals surface area contributed by atoms with Crippen LogP contribution in [-0.4, -0.2) is 50.2 Å². The number of rotatable bonds is 5. The number of piperazine rings is 1. The van der Waals surface area contributed by atoms with Crippen molar-refractivity contribution in [3.8, 4) is 0 Å². The lowest BCUT2D eigenvalue weighted by Crippen LogP contribution is -2.46. The number of nitrogens with zero attached hydrogens (tertiary/aromatic N) is 4. The third kappa shape index (κ3) is 5.20. The predicted octanol–water partition coefficient (Wildman–Crippen LogP) is 3.15. The zero-order chi connectivity index (χ0) is 20.8. The predicted molar refractivity (Wildman–Crippen MR) is 121 cm³/mol. The van der Waals surface area contributed by atoms with Crippen LogP contribution in [0, 0.1) is 5.82 Å². The van der Waals surface area contributed by atoms with E-state index in [9.17, 15) is 4.39 Å². The Balaban J connectivity index is 1.30. The molecule has 1 aromatic heterocycles. The largest absolute Gasteiger partial charge is 0.368 e. The Morgan fingerprint density at radius 1 is 1.07 bits per heavy atom. The molecule has 1 aliphatic carbocycles. The van der Waals surface area contributed by atoms with E-state index in [-0.39, 0.29) is 5.82 Å². The fourth-order valence-corrected chi connectivity index (χ4v) is 4.23. The summed E-state index contributed by atoms with van der Waals surface area (Å²) in [4.78, 5) is 13.6. The van der Waals surface area contributed by atoms with Gasteiger partial charge in [-0.1, -0.05) is 12.8 Å². The van der Waals surface area contributed by atoms with Crippen molar-refractivity contribution in [2.75, 3.05) is 43.0 Å². The van der Waals surface area contributed by atoms with Gasteiger partial charge in [-0.05, 0) is 54.8 Å². The Morgan fingerprint density at radius 2 is 1.77 bits per heavy atom. The standard InChI is InChI=1S/C23H31FN6/c1-25-23(28-20-4-2-3-5-20)27-17-18-10-11-26-22(16-18)30-14-12-29(13-15-30)21-8-6-19(24)7-9-21/h6-11,16,20H,2-5,12-15,17H2,1H3,(H2,25,27,28). The average Bonchev–Trinajstić information content (AvgIpc) is 3.31. The Hall–Kier alpha value is -2.83. The summed E-state index contributed by atoms with van der Waals surface area (Å²) in [6.45, 7) is 4.30. The summed E-state index contributed by atoms with van der Waals surface area (Å²) in [6.07, 6.45) is 6.94. The number of nitrogens with one attached hydrogen (secondary N) is 2. The lowest BCUT2D eigenvalue weighted by molar-refractivity contribution is 0.613. The van der Waals surface area contributed by atoms with Gasteiger partial charge in [-0.15, -0.1) is 0 Å². The molecule has 7 heteroatoms. The van der Waals surface area contributed by atoms with Crippen LogP contribution in [0.25, 0.3) is 0 Å². The number of benzene rings is 1. The maximum absolute atomic E-state index is 13.2. The summed E-state index contributed by atoms with van der Waals surface area (Å²) in [5.74, 6) is 1.68. The molecule has 1 saturated heterocycles. The lowest BCUT2D eigenvalue weighted by Gasteiger charge is -2.36. The summed E-state index contributed by atoms with van der Waals surface area (Å²) < 4.78 is 13.2. The Labute approximate surface area is 178 Å². The van der Waals surface area contributed by atoms with Crippen molar-refractivity contribution in [3.63, 3.8) is 0 Å². The third-order valence-electron chi connectivity index (χ3n) is 5.98. The number of hydrogen-bond acceptors (Lipinski definition) is 4. The number of aliphatic imine (C=N–C) groups is 1. The van der Waals surface area contributed by atoms with E-state index >= 15 is 0 Å². The summed E-state index contributed by atoms with van der Waals surface area (Å²) in [5.41, 5.74) is 2.26. The van der Waals surface area contributed by atoms with Crippen molar-refractivity contribution >= 4 is 17.5 Å². The highest BCUT2D eigenvalue weighted by molar-refractivity contribution is 5.80. The third-order valence-corrected chi connectivity index (χ3v) is 5.98. The Bertz CT molecular complexity index is 839. The van der Waals surface area contributed by atoms with Crippen LogP contribution in [-0.2, 0) is 6.54 Å². The first-order chi connectivity index (χ1) is 14.7. The van der Waals surface area contributed by atoms with Gasteiger partial charge in [0.2, 0.25) is 0 Å². The van der Waals surface area contributed by atoms with Crippen molar-refractivity contribution in [1.82, 2.24) is 15.6 Å². The molecule has 0 amide bonds. The molecule has 0 atom stereocenters. The van der Waals surface area contributed by atoms with Gasteiger partial charge in [0.15, 0.2) is 5.96 Å². The maximum atomic E-state index is 13.2. The van der Waals surface area contributed by atoms with E-state index in [1.807, 2.05) is 31.4 Å². The molecule has 160 valence electrons. The minimum atomic E-state index is -0.193. The zero-order valence-corrected chi connectivity index (χ0v) is 17.6. The smallest absolute Gasteiger partial charge is 0.191 e. The molecule has 2 aliphatic rings. The minimum Gasteiger partial charge on any atom is -0.368 e. The van der Waals surface area contributed by atoms with Gasteiger partial charge in [0, 0.05) is 57.7 Å². The number of anilines is 2. The van der Waals surface area contributed by atoms with Crippen molar-refractivity contribution in [3.05, 3.63) is 54.0 Å². The van der Waals surface area contributed by atoms with Crippen molar-refractivity contribution < 1.29 is 4.39 Å². The first-order valence-corrected chi connectivity index (χ1v) is 10.9. The first-order valence-electron chi connectivity index (χ1n) is 10.9. The summed E-state index contributed by atoms with van der Waals surface area (Å²) in [6, 6.07) is 11.5. The van der Waals surface area contributed by atoms with E-state index in [0.29, 0.717) is 6.04 Å². The van der Waals surface area contributed by atoms with Crippen molar-refractivity contribution in [2.45, 2.75) is 38.3 Å². The second-order valence-corrected chi connectivity index (χ2v) is 8.02. The van der Waals surface area contributed by atoms with Gasteiger partial charge in [0.05, 0.1) is 0 Å². The number of hydrogen-bond donors (Lipinski definition) is 2. The van der Waals surface area contributed by atoms with Crippen LogP contribution in [0.3, 0.4) is 0 Å². The van der Waals surface area contributed by atoms with E-state index in [1.165, 1.54) is 43.4 Å². The number of pyridine rings is 1. The first kappa shape index (κ1) is 20.4. The summed E-state index contributed by atoms with van der Waals surface area (Å²) >= 11 is 0. The van der Waals surface area contributed by atoms with Crippen molar-refractivity contribution in [1.29, 1.82) is 0 Å². The Kier molecular flexibility index (Phi) is 6.67. The van der Waals surface area contributed by atoms with Gasteiger partial charge < -0.3 is 20.4 Å². The van der Waals surface area contributed by atoms with Crippen LogP contribution in [0.5, 0.6) is 0 Å². The summed E-state index contributed by atoms with van der Waals surface area (Å²) in [5, 5.41) is 6.95. The topological polar surface area (TPSA) is 55.8 Å². The fraction of sp³-hybridized carbons (Fsp3) is 0.478. The van der Waals surface area contributed by atoms with Gasteiger partial charge in [-0.2, -0.15) is 0 Å². The quantitative estimate of drug-likeness (QED) is 0.586. The molecule has 1 aliphatic heterocycles. The van der Waals surface area contributed by atoms with Crippen LogP contribution >= 0.6 is 0 Å². The van der Waals surface area contributed by atoms with E-state index in [2.05, 4.69) is 36.5 Å². The molecule has 0 radical (unpaired) electrons. The van der Waals surface area contributed by atoms with Crippen LogP contribution in [0.4, 0.5) is 15.9 Å². The molecule has 2 heterocycles. The van der Waals surface area contributed by atoms with Crippen LogP contribution in [0.15, 0.2) is 47.6 Å². The van der Waals surface area contributed by atoms with Gasteiger partial charge in [-0.3, -0.25) is 4.99 Å². The Morgan fingerprint density at radius 3 is 2.47 bits per heavy atom. The molecule has 1 saturated carbocycles. The fourth-order valence-electron chi connectivity index (χ4n) is 4.23. The van der Waals surface area contributed by atoms with Gasteiger partial charge >= 0.3 is 0 Å². The van der Waals surface area contributed by atoms with Crippen molar-refractivity contribution in [2.24, 2.45) is 4.99 Å². The molecule has 30 heavy (non-hydrogen) atoms. The molecule has 0 spiro atoms. The normalized spacial score (nSPS) is 18.0. The number of guanidine groups is 1. The van der Waals surface area contributed by atoms with Gasteiger partial charge in [-0.25, -0.2) is 9.37 Å². The SMILES string of the molecule is CN=C(NCc1ccnc(N2CCN(c3ccc(F)cc3)CC2)c1)NC1CCCC1. The van der Waals surface area contributed by atoms with Crippen LogP contribution in [0.2, 0.25) is 0 Å². The molecular formula is C23H31FN6. The highest BCUT2D eigenvalue weighted by atomic mass is 19.1. The summed E-state index contributed by atoms with van der Waals surface area (Å²) in [7, 11) is 1.82. The second kappa shape index (κ2) is 9.78. The lowest BCUT2D eigenvalue weighted by atomic mass is 10.2. The van der Waals surface area contributed by atoms with Crippen LogP contribution < -0.4 is 20.4 Å². The van der Waals surface area contributed by atoms with E-state index < -0.39 is 0 Å².